The van der Waals surface area contributed by atoms with E-state index in [0.717, 1.165) is 24.1 Å². The van der Waals surface area contributed by atoms with Crippen LogP contribution in [0.5, 0.6) is 0 Å². The standard InChI is InChI=1S/C20H18BrFN4O/c1-11-13-4-2-3-5-14(13)15(22)10-25(11)20(27)16-8-17(12-6-7-12)26-19(23-16)9-18(21)24-26/h2-5,8-9,11-12,15H,6-7,10H2,1H3. The van der Waals surface area contributed by atoms with Gasteiger partial charge in [0.1, 0.15) is 16.5 Å². The minimum absolute atomic E-state index is 0.0472. The maximum absolute atomic E-state index is 14.7. The van der Waals surface area contributed by atoms with Gasteiger partial charge in [-0.25, -0.2) is 13.9 Å². The Morgan fingerprint density at radius 3 is 2.70 bits per heavy atom. The third-order valence-corrected chi connectivity index (χ3v) is 5.90. The predicted octanol–water partition coefficient (Wildman–Crippen LogP) is 4.60. The first kappa shape index (κ1) is 16.9. The molecule has 27 heavy (non-hydrogen) atoms. The number of fused-ring (bicyclic) bond motifs is 2. The summed E-state index contributed by atoms with van der Waals surface area (Å²) in [5.41, 5.74) is 3.53. The van der Waals surface area contributed by atoms with Crippen molar-refractivity contribution in [3.05, 3.63) is 63.5 Å². The molecule has 0 N–H and O–H groups in total. The van der Waals surface area contributed by atoms with Gasteiger partial charge in [-0.05, 0) is 52.9 Å². The van der Waals surface area contributed by atoms with Crippen molar-refractivity contribution in [2.45, 2.75) is 37.9 Å². The van der Waals surface area contributed by atoms with E-state index in [1.807, 2.05) is 31.2 Å². The van der Waals surface area contributed by atoms with Crippen molar-refractivity contribution < 1.29 is 9.18 Å². The van der Waals surface area contributed by atoms with Crippen molar-refractivity contribution in [2.75, 3.05) is 6.54 Å². The van der Waals surface area contributed by atoms with E-state index in [9.17, 15) is 9.18 Å². The van der Waals surface area contributed by atoms with Crippen LogP contribution in [0.3, 0.4) is 0 Å². The second-order valence-corrected chi connectivity index (χ2v) is 8.12. The monoisotopic (exact) mass is 428 g/mol. The van der Waals surface area contributed by atoms with Gasteiger partial charge in [-0.3, -0.25) is 4.79 Å². The van der Waals surface area contributed by atoms with E-state index in [0.29, 0.717) is 27.4 Å². The molecule has 2 atom stereocenters. The molecule has 1 aromatic carbocycles. The van der Waals surface area contributed by atoms with E-state index in [2.05, 4.69) is 26.0 Å². The SMILES string of the molecule is CC1c2ccccc2C(F)CN1C(=O)c1cc(C2CC2)n2nc(Br)cc2n1. The number of amides is 1. The molecule has 0 saturated heterocycles. The Kier molecular flexibility index (Phi) is 3.82. The number of halogens is 2. The highest BCUT2D eigenvalue weighted by molar-refractivity contribution is 9.10. The molecule has 1 aliphatic heterocycles. The summed E-state index contributed by atoms with van der Waals surface area (Å²) in [5.74, 6) is 0.170. The Morgan fingerprint density at radius 1 is 1.22 bits per heavy atom. The topological polar surface area (TPSA) is 50.5 Å². The Labute approximate surface area is 164 Å². The van der Waals surface area contributed by atoms with E-state index in [1.165, 1.54) is 0 Å². The average molecular weight is 429 g/mol. The van der Waals surface area contributed by atoms with Gasteiger partial charge >= 0.3 is 0 Å². The molecule has 2 aliphatic rings. The number of carbonyl (C=O) groups is 1. The molecule has 2 aromatic heterocycles. The van der Waals surface area contributed by atoms with Crippen LogP contribution in [0.15, 0.2) is 41.0 Å². The second kappa shape index (κ2) is 6.12. The molecule has 1 fully saturated rings. The summed E-state index contributed by atoms with van der Waals surface area (Å²) >= 11 is 3.39. The number of rotatable bonds is 2. The summed E-state index contributed by atoms with van der Waals surface area (Å²) < 4.78 is 17.2. The van der Waals surface area contributed by atoms with E-state index >= 15 is 0 Å². The highest BCUT2D eigenvalue weighted by Crippen LogP contribution is 2.41. The molecule has 1 amide bonds. The minimum atomic E-state index is -1.18. The zero-order chi connectivity index (χ0) is 18.7. The van der Waals surface area contributed by atoms with Gasteiger partial charge in [0.25, 0.3) is 5.91 Å². The van der Waals surface area contributed by atoms with Gasteiger partial charge in [0.15, 0.2) is 5.65 Å². The van der Waals surface area contributed by atoms with E-state index < -0.39 is 6.17 Å². The summed E-state index contributed by atoms with van der Waals surface area (Å²) in [6, 6.07) is 10.9. The van der Waals surface area contributed by atoms with E-state index in [4.69, 9.17) is 0 Å². The fraction of sp³-hybridized carbons (Fsp3) is 0.350. The first-order valence-corrected chi connectivity index (χ1v) is 9.92. The molecule has 2 unspecified atom stereocenters. The van der Waals surface area contributed by atoms with Crippen LogP contribution < -0.4 is 0 Å². The van der Waals surface area contributed by atoms with Crippen LogP contribution in [-0.4, -0.2) is 31.9 Å². The van der Waals surface area contributed by atoms with E-state index in [-0.39, 0.29) is 18.5 Å². The third kappa shape index (κ3) is 2.76. The zero-order valence-electron chi connectivity index (χ0n) is 14.8. The number of nitrogens with zero attached hydrogens (tertiary/aromatic N) is 4. The van der Waals surface area contributed by atoms with Crippen LogP contribution in [0.25, 0.3) is 5.65 Å². The minimum Gasteiger partial charge on any atom is -0.327 e. The maximum Gasteiger partial charge on any atom is 0.273 e. The van der Waals surface area contributed by atoms with Crippen molar-refractivity contribution in [2.24, 2.45) is 0 Å². The van der Waals surface area contributed by atoms with Crippen LogP contribution in [0.2, 0.25) is 0 Å². The third-order valence-electron chi connectivity index (χ3n) is 5.51. The molecule has 7 heteroatoms. The summed E-state index contributed by atoms with van der Waals surface area (Å²) in [7, 11) is 0. The molecule has 5 rings (SSSR count). The average Bonchev–Trinajstić information content (AvgIpc) is 3.44. The van der Waals surface area contributed by atoms with Crippen LogP contribution in [0, 0.1) is 0 Å². The van der Waals surface area contributed by atoms with Crippen LogP contribution >= 0.6 is 15.9 Å². The quantitative estimate of drug-likeness (QED) is 0.599. The number of alkyl halides is 1. The highest BCUT2D eigenvalue weighted by atomic mass is 79.9. The van der Waals surface area contributed by atoms with Gasteiger partial charge in [-0.1, -0.05) is 24.3 Å². The molecule has 1 aliphatic carbocycles. The molecule has 3 heterocycles. The van der Waals surface area contributed by atoms with Gasteiger partial charge < -0.3 is 4.90 Å². The largest absolute Gasteiger partial charge is 0.327 e. The number of hydrogen-bond acceptors (Lipinski definition) is 3. The Hall–Kier alpha value is -2.28. The van der Waals surface area contributed by atoms with Gasteiger partial charge in [-0.15, -0.1) is 0 Å². The molecule has 0 radical (unpaired) electrons. The summed E-state index contributed by atoms with van der Waals surface area (Å²) in [5, 5.41) is 4.43. The molecule has 3 aromatic rings. The van der Waals surface area contributed by atoms with Crippen molar-refractivity contribution in [1.29, 1.82) is 0 Å². The molecule has 0 spiro atoms. The van der Waals surface area contributed by atoms with Crippen LogP contribution in [0.1, 0.15) is 65.2 Å². The van der Waals surface area contributed by atoms with Crippen molar-refractivity contribution >= 4 is 27.5 Å². The highest BCUT2D eigenvalue weighted by Gasteiger charge is 2.35. The van der Waals surface area contributed by atoms with Crippen molar-refractivity contribution in [1.82, 2.24) is 19.5 Å². The van der Waals surface area contributed by atoms with Crippen LogP contribution in [0.4, 0.5) is 4.39 Å². The Bertz CT molecular complexity index is 1060. The first-order valence-electron chi connectivity index (χ1n) is 9.13. The van der Waals surface area contributed by atoms with E-state index in [1.54, 1.807) is 21.5 Å². The smallest absolute Gasteiger partial charge is 0.273 e. The normalized spacial score (nSPS) is 22.1. The number of aromatic nitrogens is 3. The Balaban J connectivity index is 1.56. The predicted molar refractivity (Wildman–Crippen MR) is 102 cm³/mol. The summed E-state index contributed by atoms with van der Waals surface area (Å²) in [6.07, 6.45) is 0.992. The molecule has 1 saturated carbocycles. The number of benzene rings is 1. The van der Waals surface area contributed by atoms with Crippen molar-refractivity contribution in [3.8, 4) is 0 Å². The van der Waals surface area contributed by atoms with Crippen molar-refractivity contribution in [3.63, 3.8) is 0 Å². The lowest BCUT2D eigenvalue weighted by atomic mass is 9.92. The van der Waals surface area contributed by atoms with Crippen LogP contribution in [-0.2, 0) is 0 Å². The second-order valence-electron chi connectivity index (χ2n) is 7.31. The molecule has 138 valence electrons. The first-order chi connectivity index (χ1) is 13.0. The summed E-state index contributed by atoms with van der Waals surface area (Å²) in [4.78, 5) is 19.4. The maximum atomic E-state index is 14.7. The lowest BCUT2D eigenvalue weighted by molar-refractivity contribution is 0.0585. The molecular weight excluding hydrogens is 411 g/mol. The lowest BCUT2D eigenvalue weighted by Gasteiger charge is -2.36. The number of hydrogen-bond donors (Lipinski definition) is 0. The number of carbonyl (C=O) groups excluding carboxylic acids is 1. The molecule has 0 bridgehead atoms. The lowest BCUT2D eigenvalue weighted by Crippen LogP contribution is -2.40. The molecule has 5 nitrogen and oxygen atoms in total. The van der Waals surface area contributed by atoms with Gasteiger partial charge in [0.2, 0.25) is 0 Å². The zero-order valence-corrected chi connectivity index (χ0v) is 16.4. The molecular formula is C20H18BrFN4O. The fourth-order valence-electron chi connectivity index (χ4n) is 3.93. The summed E-state index contributed by atoms with van der Waals surface area (Å²) in [6.45, 7) is 1.99. The van der Waals surface area contributed by atoms with Gasteiger partial charge in [0.05, 0.1) is 12.6 Å². The fourth-order valence-corrected chi connectivity index (χ4v) is 4.29. The van der Waals surface area contributed by atoms with Gasteiger partial charge in [0, 0.05) is 17.7 Å². The van der Waals surface area contributed by atoms with Gasteiger partial charge in [-0.2, -0.15) is 5.10 Å². The Morgan fingerprint density at radius 2 is 1.96 bits per heavy atom.